The summed E-state index contributed by atoms with van der Waals surface area (Å²) in [5, 5.41) is 0. The first-order valence-corrected chi connectivity index (χ1v) is 8.50. The van der Waals surface area contributed by atoms with Crippen molar-refractivity contribution in [1.29, 1.82) is 0 Å². The highest BCUT2D eigenvalue weighted by Crippen LogP contribution is 2.22. The Morgan fingerprint density at radius 2 is 1.80 bits per heavy atom. The van der Waals surface area contributed by atoms with E-state index < -0.39 is 16.1 Å². The van der Waals surface area contributed by atoms with Crippen molar-refractivity contribution in [3.63, 3.8) is 0 Å². The van der Waals surface area contributed by atoms with Crippen LogP contribution in [0.25, 0.3) is 0 Å². The van der Waals surface area contributed by atoms with Crippen LogP contribution in [0.2, 0.25) is 0 Å². The average molecular weight is 308 g/mol. The van der Waals surface area contributed by atoms with Gasteiger partial charge in [-0.3, -0.25) is 4.79 Å². The SMILES string of the molecule is COCCN(CCOC)C(=O)C1CCCN1S(C)(=O)=O. The lowest BCUT2D eigenvalue weighted by Gasteiger charge is -2.29. The number of rotatable bonds is 8. The van der Waals surface area contributed by atoms with Gasteiger partial charge in [-0.1, -0.05) is 0 Å². The summed E-state index contributed by atoms with van der Waals surface area (Å²) < 4.78 is 34.7. The summed E-state index contributed by atoms with van der Waals surface area (Å²) in [5.74, 6) is -0.165. The first kappa shape index (κ1) is 17.4. The van der Waals surface area contributed by atoms with Crippen molar-refractivity contribution in [2.75, 3.05) is 53.3 Å². The van der Waals surface area contributed by atoms with Crippen molar-refractivity contribution >= 4 is 15.9 Å². The lowest BCUT2D eigenvalue weighted by Crippen LogP contribution is -2.49. The fourth-order valence-electron chi connectivity index (χ4n) is 2.33. The van der Waals surface area contributed by atoms with Gasteiger partial charge in [-0.2, -0.15) is 4.31 Å². The van der Waals surface area contributed by atoms with Crippen LogP contribution in [0.1, 0.15) is 12.8 Å². The molecule has 1 saturated heterocycles. The number of ether oxygens (including phenoxy) is 2. The number of amides is 1. The monoisotopic (exact) mass is 308 g/mol. The van der Waals surface area contributed by atoms with E-state index in [4.69, 9.17) is 9.47 Å². The normalized spacial score (nSPS) is 20.2. The smallest absolute Gasteiger partial charge is 0.241 e. The minimum Gasteiger partial charge on any atom is -0.383 e. The maximum atomic E-state index is 12.5. The topological polar surface area (TPSA) is 76.2 Å². The fourth-order valence-corrected chi connectivity index (χ4v) is 3.45. The molecule has 0 aliphatic carbocycles. The highest BCUT2D eigenvalue weighted by molar-refractivity contribution is 7.88. The Hall–Kier alpha value is -0.700. The zero-order valence-corrected chi connectivity index (χ0v) is 13.2. The van der Waals surface area contributed by atoms with Crippen molar-refractivity contribution in [2.45, 2.75) is 18.9 Å². The molecule has 7 nitrogen and oxygen atoms in total. The summed E-state index contributed by atoms with van der Waals surface area (Å²) in [7, 11) is -0.214. The third-order valence-electron chi connectivity index (χ3n) is 3.36. The molecule has 20 heavy (non-hydrogen) atoms. The lowest BCUT2D eigenvalue weighted by atomic mass is 10.2. The van der Waals surface area contributed by atoms with Crippen LogP contribution in [0.15, 0.2) is 0 Å². The molecule has 0 spiro atoms. The van der Waals surface area contributed by atoms with Gasteiger partial charge in [0.25, 0.3) is 0 Å². The highest BCUT2D eigenvalue weighted by Gasteiger charge is 2.38. The number of carbonyl (C=O) groups excluding carboxylic acids is 1. The van der Waals surface area contributed by atoms with Crippen molar-refractivity contribution < 1.29 is 22.7 Å². The van der Waals surface area contributed by atoms with Crippen LogP contribution in [0.3, 0.4) is 0 Å². The molecule has 118 valence electrons. The Labute approximate surface area is 120 Å². The van der Waals surface area contributed by atoms with Crippen molar-refractivity contribution in [3.8, 4) is 0 Å². The molecule has 1 aliphatic rings. The second-order valence-electron chi connectivity index (χ2n) is 4.84. The summed E-state index contributed by atoms with van der Waals surface area (Å²) in [4.78, 5) is 14.1. The predicted octanol–water partition coefficient (Wildman–Crippen LogP) is -0.468. The van der Waals surface area contributed by atoms with Gasteiger partial charge in [0.1, 0.15) is 6.04 Å². The third kappa shape index (κ3) is 4.69. The summed E-state index contributed by atoms with van der Waals surface area (Å²) in [6.07, 6.45) is 2.43. The molecular formula is C12H24N2O5S. The van der Waals surface area contributed by atoms with Crippen molar-refractivity contribution in [1.82, 2.24) is 9.21 Å². The van der Waals surface area contributed by atoms with Gasteiger partial charge in [0.2, 0.25) is 15.9 Å². The van der Waals surface area contributed by atoms with Crippen LogP contribution in [0.4, 0.5) is 0 Å². The Bertz CT molecular complexity index is 404. The average Bonchev–Trinajstić information content (AvgIpc) is 2.87. The molecule has 1 unspecified atom stereocenters. The van der Waals surface area contributed by atoms with Crippen LogP contribution < -0.4 is 0 Å². The van der Waals surface area contributed by atoms with E-state index in [1.165, 1.54) is 4.31 Å². The molecule has 0 saturated carbocycles. The summed E-state index contributed by atoms with van der Waals surface area (Å²) in [6, 6.07) is -0.585. The number of hydrogen-bond donors (Lipinski definition) is 0. The third-order valence-corrected chi connectivity index (χ3v) is 4.65. The van der Waals surface area contributed by atoms with E-state index in [-0.39, 0.29) is 5.91 Å². The molecule has 0 N–H and O–H groups in total. The van der Waals surface area contributed by atoms with Gasteiger partial charge in [0.15, 0.2) is 0 Å². The Balaban J connectivity index is 2.76. The van der Waals surface area contributed by atoms with E-state index in [9.17, 15) is 13.2 Å². The van der Waals surface area contributed by atoms with Crippen LogP contribution in [-0.4, -0.2) is 82.9 Å². The highest BCUT2D eigenvalue weighted by atomic mass is 32.2. The van der Waals surface area contributed by atoms with Gasteiger partial charge in [0.05, 0.1) is 19.5 Å². The molecule has 1 aliphatic heterocycles. The predicted molar refractivity (Wildman–Crippen MR) is 74.9 cm³/mol. The maximum absolute atomic E-state index is 12.5. The van der Waals surface area contributed by atoms with Crippen LogP contribution in [-0.2, 0) is 24.3 Å². The van der Waals surface area contributed by atoms with E-state index in [2.05, 4.69) is 0 Å². The number of methoxy groups -OCH3 is 2. The summed E-state index contributed by atoms with van der Waals surface area (Å²) >= 11 is 0. The first-order valence-electron chi connectivity index (χ1n) is 6.65. The van der Waals surface area contributed by atoms with Crippen molar-refractivity contribution in [2.24, 2.45) is 0 Å². The van der Waals surface area contributed by atoms with E-state index in [1.54, 1.807) is 19.1 Å². The second kappa shape index (κ2) is 7.92. The molecule has 0 radical (unpaired) electrons. The summed E-state index contributed by atoms with van der Waals surface area (Å²) in [6.45, 7) is 2.12. The van der Waals surface area contributed by atoms with E-state index in [0.717, 1.165) is 6.26 Å². The van der Waals surface area contributed by atoms with Gasteiger partial charge in [-0.15, -0.1) is 0 Å². The molecule has 0 aromatic heterocycles. The minimum absolute atomic E-state index is 0.165. The molecule has 8 heteroatoms. The number of sulfonamides is 1. The first-order chi connectivity index (χ1) is 9.41. The van der Waals surface area contributed by atoms with E-state index >= 15 is 0 Å². The zero-order chi connectivity index (χ0) is 15.2. The molecule has 1 amide bonds. The molecule has 0 bridgehead atoms. The van der Waals surface area contributed by atoms with Crippen LogP contribution in [0, 0.1) is 0 Å². The Morgan fingerprint density at radius 1 is 1.25 bits per heavy atom. The standard InChI is InChI=1S/C12H24N2O5S/c1-18-9-7-13(8-10-19-2)12(15)11-5-4-6-14(11)20(3,16)17/h11H,4-10H2,1-3H3. The number of nitrogens with zero attached hydrogens (tertiary/aromatic N) is 2. The molecule has 0 aromatic rings. The zero-order valence-electron chi connectivity index (χ0n) is 12.4. The van der Waals surface area contributed by atoms with Gasteiger partial charge in [-0.25, -0.2) is 8.42 Å². The maximum Gasteiger partial charge on any atom is 0.241 e. The van der Waals surface area contributed by atoms with Gasteiger partial charge in [-0.05, 0) is 12.8 Å². The summed E-state index contributed by atoms with van der Waals surface area (Å²) in [5.41, 5.74) is 0. The van der Waals surface area contributed by atoms with Crippen LogP contribution in [0.5, 0.6) is 0 Å². The largest absolute Gasteiger partial charge is 0.383 e. The Morgan fingerprint density at radius 3 is 2.25 bits per heavy atom. The minimum atomic E-state index is -3.35. The van der Waals surface area contributed by atoms with Gasteiger partial charge in [0, 0.05) is 33.9 Å². The lowest BCUT2D eigenvalue weighted by molar-refractivity contribution is -0.135. The second-order valence-corrected chi connectivity index (χ2v) is 6.78. The molecule has 1 atom stereocenters. The van der Waals surface area contributed by atoms with Gasteiger partial charge >= 0.3 is 0 Å². The molecule has 0 aromatic carbocycles. The molecule has 1 rings (SSSR count). The van der Waals surface area contributed by atoms with Crippen molar-refractivity contribution in [3.05, 3.63) is 0 Å². The molecule has 1 fully saturated rings. The number of carbonyl (C=O) groups is 1. The quantitative estimate of drug-likeness (QED) is 0.606. The van der Waals surface area contributed by atoms with E-state index in [0.29, 0.717) is 45.7 Å². The Kier molecular flexibility index (Phi) is 6.87. The van der Waals surface area contributed by atoms with Crippen LogP contribution >= 0.6 is 0 Å². The molecular weight excluding hydrogens is 284 g/mol. The fraction of sp³-hybridized carbons (Fsp3) is 0.917. The van der Waals surface area contributed by atoms with E-state index in [1.807, 2.05) is 0 Å². The molecule has 1 heterocycles. The number of hydrogen-bond acceptors (Lipinski definition) is 5. The van der Waals surface area contributed by atoms with Gasteiger partial charge < -0.3 is 14.4 Å².